The molecule has 2 N–H and O–H groups in total. The SMILES string of the molecule is CCCN(CC1CCCNC1)C(C)C(C)O. The van der Waals surface area contributed by atoms with Crippen LogP contribution in [0.5, 0.6) is 0 Å². The highest BCUT2D eigenvalue weighted by Crippen LogP contribution is 2.15. The van der Waals surface area contributed by atoms with Crippen LogP contribution in [0.4, 0.5) is 0 Å². The van der Waals surface area contributed by atoms with Gasteiger partial charge in [-0.1, -0.05) is 6.92 Å². The Balaban J connectivity index is 2.42. The van der Waals surface area contributed by atoms with Gasteiger partial charge in [-0.15, -0.1) is 0 Å². The first-order valence-electron chi connectivity index (χ1n) is 6.78. The number of aliphatic hydroxyl groups excluding tert-OH is 1. The van der Waals surface area contributed by atoms with Crippen LogP contribution in [0.2, 0.25) is 0 Å². The maximum absolute atomic E-state index is 9.69. The topological polar surface area (TPSA) is 35.5 Å². The number of piperidine rings is 1. The molecule has 0 aromatic heterocycles. The van der Waals surface area contributed by atoms with E-state index in [1.807, 2.05) is 6.92 Å². The molecule has 1 saturated heterocycles. The molecule has 1 heterocycles. The van der Waals surface area contributed by atoms with Crippen LogP contribution < -0.4 is 5.32 Å². The lowest BCUT2D eigenvalue weighted by Gasteiger charge is -2.35. The molecule has 0 aromatic rings. The van der Waals surface area contributed by atoms with Crippen LogP contribution in [0.3, 0.4) is 0 Å². The van der Waals surface area contributed by atoms with E-state index in [-0.39, 0.29) is 12.1 Å². The van der Waals surface area contributed by atoms with E-state index in [4.69, 9.17) is 0 Å². The molecule has 3 heteroatoms. The summed E-state index contributed by atoms with van der Waals surface area (Å²) in [6.07, 6.45) is 3.56. The first-order valence-corrected chi connectivity index (χ1v) is 6.78. The van der Waals surface area contributed by atoms with Gasteiger partial charge in [0.1, 0.15) is 0 Å². The Kier molecular flexibility index (Phi) is 6.32. The fourth-order valence-electron chi connectivity index (χ4n) is 2.46. The summed E-state index contributed by atoms with van der Waals surface area (Å²) >= 11 is 0. The van der Waals surface area contributed by atoms with Crippen LogP contribution in [-0.4, -0.2) is 48.3 Å². The molecule has 0 aliphatic carbocycles. The van der Waals surface area contributed by atoms with Crippen molar-refractivity contribution in [1.29, 1.82) is 0 Å². The van der Waals surface area contributed by atoms with E-state index in [0.717, 1.165) is 32.0 Å². The number of rotatable bonds is 6. The molecule has 3 unspecified atom stereocenters. The first-order chi connectivity index (χ1) is 7.65. The highest BCUT2D eigenvalue weighted by molar-refractivity contribution is 4.78. The molecule has 0 spiro atoms. The molecule has 0 aromatic carbocycles. The van der Waals surface area contributed by atoms with Crippen LogP contribution in [0, 0.1) is 5.92 Å². The van der Waals surface area contributed by atoms with E-state index in [1.165, 1.54) is 19.4 Å². The normalized spacial score (nSPS) is 25.7. The van der Waals surface area contributed by atoms with Gasteiger partial charge < -0.3 is 10.4 Å². The molecule has 0 saturated carbocycles. The monoisotopic (exact) mass is 228 g/mol. The second-order valence-electron chi connectivity index (χ2n) is 5.19. The molecule has 1 fully saturated rings. The number of hydrogen-bond donors (Lipinski definition) is 2. The van der Waals surface area contributed by atoms with Crippen molar-refractivity contribution in [3.8, 4) is 0 Å². The van der Waals surface area contributed by atoms with Crippen LogP contribution in [0.1, 0.15) is 40.0 Å². The third-order valence-corrected chi connectivity index (χ3v) is 3.68. The molecular formula is C13H28N2O. The van der Waals surface area contributed by atoms with Crippen molar-refractivity contribution >= 4 is 0 Å². The van der Waals surface area contributed by atoms with Gasteiger partial charge in [0.15, 0.2) is 0 Å². The van der Waals surface area contributed by atoms with E-state index in [0.29, 0.717) is 0 Å². The molecule has 1 aliphatic rings. The third kappa shape index (κ3) is 4.40. The zero-order valence-electron chi connectivity index (χ0n) is 11.1. The summed E-state index contributed by atoms with van der Waals surface area (Å²) in [5, 5.41) is 13.2. The summed E-state index contributed by atoms with van der Waals surface area (Å²) in [6, 6.07) is 0.280. The molecule has 1 rings (SSSR count). The minimum atomic E-state index is -0.233. The lowest BCUT2D eigenvalue weighted by Crippen LogP contribution is -2.46. The summed E-state index contributed by atoms with van der Waals surface area (Å²) in [7, 11) is 0. The maximum atomic E-state index is 9.69. The highest BCUT2D eigenvalue weighted by Gasteiger charge is 2.22. The summed E-state index contributed by atoms with van der Waals surface area (Å²) < 4.78 is 0. The van der Waals surface area contributed by atoms with Crippen molar-refractivity contribution in [1.82, 2.24) is 10.2 Å². The minimum Gasteiger partial charge on any atom is -0.392 e. The Morgan fingerprint density at radius 1 is 1.44 bits per heavy atom. The molecule has 3 atom stereocenters. The molecule has 0 bridgehead atoms. The van der Waals surface area contributed by atoms with Gasteiger partial charge in [-0.05, 0) is 58.7 Å². The first kappa shape index (κ1) is 13.9. The number of aliphatic hydroxyl groups is 1. The zero-order chi connectivity index (χ0) is 12.0. The van der Waals surface area contributed by atoms with Crippen molar-refractivity contribution in [2.24, 2.45) is 5.92 Å². The van der Waals surface area contributed by atoms with Gasteiger partial charge in [0.05, 0.1) is 6.10 Å². The molecule has 3 nitrogen and oxygen atoms in total. The van der Waals surface area contributed by atoms with E-state index >= 15 is 0 Å². The zero-order valence-corrected chi connectivity index (χ0v) is 11.1. The largest absolute Gasteiger partial charge is 0.392 e. The Morgan fingerprint density at radius 2 is 2.19 bits per heavy atom. The number of nitrogens with zero attached hydrogens (tertiary/aromatic N) is 1. The van der Waals surface area contributed by atoms with Crippen LogP contribution >= 0.6 is 0 Å². The van der Waals surface area contributed by atoms with Crippen LogP contribution in [0.25, 0.3) is 0 Å². The summed E-state index contributed by atoms with van der Waals surface area (Å²) in [5.74, 6) is 0.765. The smallest absolute Gasteiger partial charge is 0.0664 e. The summed E-state index contributed by atoms with van der Waals surface area (Å²) in [4.78, 5) is 2.45. The summed E-state index contributed by atoms with van der Waals surface area (Å²) in [6.45, 7) is 10.8. The Hall–Kier alpha value is -0.120. The van der Waals surface area contributed by atoms with Gasteiger partial charge in [0.2, 0.25) is 0 Å². The maximum Gasteiger partial charge on any atom is 0.0664 e. The molecule has 96 valence electrons. The second-order valence-corrected chi connectivity index (χ2v) is 5.19. The minimum absolute atomic E-state index is 0.233. The third-order valence-electron chi connectivity index (χ3n) is 3.68. The van der Waals surface area contributed by atoms with Crippen LogP contribution in [0.15, 0.2) is 0 Å². The number of nitrogens with one attached hydrogen (secondary N) is 1. The van der Waals surface area contributed by atoms with Gasteiger partial charge in [0, 0.05) is 12.6 Å². The van der Waals surface area contributed by atoms with E-state index in [1.54, 1.807) is 0 Å². The predicted octanol–water partition coefficient (Wildman–Crippen LogP) is 1.47. The van der Waals surface area contributed by atoms with Gasteiger partial charge >= 0.3 is 0 Å². The van der Waals surface area contributed by atoms with Crippen LogP contribution in [-0.2, 0) is 0 Å². The van der Waals surface area contributed by atoms with Crippen molar-refractivity contribution in [2.45, 2.75) is 52.2 Å². The van der Waals surface area contributed by atoms with Crippen molar-refractivity contribution in [3.63, 3.8) is 0 Å². The molecule has 0 radical (unpaired) electrons. The van der Waals surface area contributed by atoms with Crippen molar-refractivity contribution < 1.29 is 5.11 Å². The highest BCUT2D eigenvalue weighted by atomic mass is 16.3. The Morgan fingerprint density at radius 3 is 2.69 bits per heavy atom. The van der Waals surface area contributed by atoms with E-state index in [9.17, 15) is 5.11 Å². The predicted molar refractivity (Wildman–Crippen MR) is 68.6 cm³/mol. The van der Waals surface area contributed by atoms with E-state index in [2.05, 4.69) is 24.1 Å². The van der Waals surface area contributed by atoms with Gasteiger partial charge in [-0.3, -0.25) is 4.90 Å². The fourth-order valence-corrected chi connectivity index (χ4v) is 2.46. The second kappa shape index (κ2) is 7.25. The number of hydrogen-bond acceptors (Lipinski definition) is 3. The standard InChI is InChI=1S/C13H28N2O/c1-4-8-15(11(2)12(3)16)10-13-6-5-7-14-9-13/h11-14,16H,4-10H2,1-3H3. The van der Waals surface area contributed by atoms with Gasteiger partial charge in [-0.2, -0.15) is 0 Å². The van der Waals surface area contributed by atoms with Crippen molar-refractivity contribution in [2.75, 3.05) is 26.2 Å². The molecule has 0 amide bonds. The molecule has 1 aliphatic heterocycles. The summed E-state index contributed by atoms with van der Waals surface area (Å²) in [5.41, 5.74) is 0. The van der Waals surface area contributed by atoms with Gasteiger partial charge in [0.25, 0.3) is 0 Å². The van der Waals surface area contributed by atoms with Crippen molar-refractivity contribution in [3.05, 3.63) is 0 Å². The average Bonchev–Trinajstić information content (AvgIpc) is 2.29. The fraction of sp³-hybridized carbons (Fsp3) is 1.00. The lowest BCUT2D eigenvalue weighted by atomic mass is 9.98. The molecular weight excluding hydrogens is 200 g/mol. The Bertz CT molecular complexity index is 179. The Labute approximate surface area is 100 Å². The van der Waals surface area contributed by atoms with E-state index < -0.39 is 0 Å². The lowest BCUT2D eigenvalue weighted by molar-refractivity contribution is 0.0576. The average molecular weight is 228 g/mol. The van der Waals surface area contributed by atoms with Gasteiger partial charge in [-0.25, -0.2) is 0 Å². The quantitative estimate of drug-likeness (QED) is 0.722. The molecule has 16 heavy (non-hydrogen) atoms.